The number of hydrogen-bond acceptors (Lipinski definition) is 6. The summed E-state index contributed by atoms with van der Waals surface area (Å²) >= 11 is 1.11. The molecule has 0 aliphatic heterocycles. The fourth-order valence-electron chi connectivity index (χ4n) is 2.50. The van der Waals surface area contributed by atoms with Gasteiger partial charge in [0.2, 0.25) is 0 Å². The molecule has 1 aromatic heterocycles. The van der Waals surface area contributed by atoms with Gasteiger partial charge in [0, 0.05) is 36.9 Å². The normalized spacial score (nSPS) is 10.6. The second-order valence-electron chi connectivity index (χ2n) is 5.82. The second kappa shape index (κ2) is 8.22. The first-order valence-corrected chi connectivity index (χ1v) is 9.02. The monoisotopic (exact) mass is 402 g/mol. The lowest BCUT2D eigenvalue weighted by atomic mass is 10.1. The molecule has 0 spiro atoms. The van der Waals surface area contributed by atoms with Gasteiger partial charge >= 0.3 is 0 Å². The number of aryl methyl sites for hydroxylation is 1. The molecular weight excluding hydrogens is 383 g/mol. The number of methoxy groups -OCH3 is 2. The minimum Gasteiger partial charge on any atom is -0.493 e. The molecule has 7 nitrogen and oxygen atoms in total. The van der Waals surface area contributed by atoms with Gasteiger partial charge in [0.05, 0.1) is 24.7 Å². The zero-order valence-electron chi connectivity index (χ0n) is 15.5. The van der Waals surface area contributed by atoms with E-state index in [4.69, 9.17) is 15.2 Å². The SMILES string of the molecule is COc1ccc(NC(=O)c2cc(Sc3nccn3C)c(F)cc2N)cc1OC. The molecule has 0 saturated heterocycles. The molecule has 0 aliphatic carbocycles. The molecule has 0 unspecified atom stereocenters. The van der Waals surface area contributed by atoms with Gasteiger partial charge in [0.1, 0.15) is 5.82 Å². The van der Waals surface area contributed by atoms with Crippen LogP contribution >= 0.6 is 11.8 Å². The van der Waals surface area contributed by atoms with Crippen LogP contribution < -0.4 is 20.5 Å². The number of aromatic nitrogens is 2. The molecule has 2 aromatic carbocycles. The number of hydrogen-bond donors (Lipinski definition) is 2. The molecule has 3 aromatic rings. The Morgan fingerprint density at radius 2 is 1.96 bits per heavy atom. The van der Waals surface area contributed by atoms with Gasteiger partial charge < -0.3 is 25.1 Å². The Bertz CT molecular complexity index is 1020. The van der Waals surface area contributed by atoms with E-state index in [1.54, 1.807) is 42.2 Å². The maximum Gasteiger partial charge on any atom is 0.257 e. The molecule has 3 N–H and O–H groups in total. The van der Waals surface area contributed by atoms with Crippen molar-refractivity contribution in [1.82, 2.24) is 9.55 Å². The number of rotatable bonds is 6. The largest absolute Gasteiger partial charge is 0.493 e. The highest BCUT2D eigenvalue weighted by atomic mass is 32.2. The van der Waals surface area contributed by atoms with Crippen molar-refractivity contribution in [2.24, 2.45) is 7.05 Å². The van der Waals surface area contributed by atoms with Crippen LogP contribution in [-0.4, -0.2) is 29.7 Å². The molecular formula is C19H19FN4O3S. The van der Waals surface area contributed by atoms with E-state index in [9.17, 15) is 9.18 Å². The second-order valence-corrected chi connectivity index (χ2v) is 6.83. The Kier molecular flexibility index (Phi) is 5.74. The number of nitrogens with two attached hydrogens (primary N) is 1. The van der Waals surface area contributed by atoms with E-state index in [0.717, 1.165) is 17.8 Å². The predicted molar refractivity (Wildman–Crippen MR) is 106 cm³/mol. The van der Waals surface area contributed by atoms with Crippen LogP contribution in [0.2, 0.25) is 0 Å². The Morgan fingerprint density at radius 1 is 1.21 bits per heavy atom. The number of nitrogen functional groups attached to an aromatic ring is 1. The van der Waals surface area contributed by atoms with Crippen molar-refractivity contribution >= 4 is 29.0 Å². The van der Waals surface area contributed by atoms with Gasteiger partial charge in [0.25, 0.3) is 5.91 Å². The quantitative estimate of drug-likeness (QED) is 0.613. The number of nitrogens with zero attached hydrogens (tertiary/aromatic N) is 2. The molecule has 0 aliphatic rings. The number of amides is 1. The number of anilines is 2. The van der Waals surface area contributed by atoms with E-state index >= 15 is 0 Å². The van der Waals surface area contributed by atoms with Crippen LogP contribution in [0, 0.1) is 5.82 Å². The summed E-state index contributed by atoms with van der Waals surface area (Å²) in [6.07, 6.45) is 3.37. The highest BCUT2D eigenvalue weighted by molar-refractivity contribution is 7.99. The smallest absolute Gasteiger partial charge is 0.257 e. The molecule has 28 heavy (non-hydrogen) atoms. The van der Waals surface area contributed by atoms with Crippen molar-refractivity contribution < 1.29 is 18.7 Å². The molecule has 1 heterocycles. The molecule has 3 rings (SSSR count). The highest BCUT2D eigenvalue weighted by Crippen LogP contribution is 2.33. The zero-order valence-corrected chi connectivity index (χ0v) is 16.3. The number of imidazole rings is 1. The van der Waals surface area contributed by atoms with Gasteiger partial charge in [-0.15, -0.1) is 0 Å². The number of carbonyl (C=O) groups is 1. The van der Waals surface area contributed by atoms with Gasteiger partial charge in [-0.05, 0) is 36.0 Å². The van der Waals surface area contributed by atoms with Gasteiger partial charge in [-0.25, -0.2) is 9.37 Å². The first kappa shape index (κ1) is 19.6. The third kappa shape index (κ3) is 4.04. The van der Waals surface area contributed by atoms with E-state index in [-0.39, 0.29) is 16.1 Å². The van der Waals surface area contributed by atoms with Crippen molar-refractivity contribution in [3.05, 3.63) is 54.1 Å². The average molecular weight is 402 g/mol. The third-order valence-electron chi connectivity index (χ3n) is 3.97. The van der Waals surface area contributed by atoms with Gasteiger partial charge in [-0.2, -0.15) is 0 Å². The minimum atomic E-state index is -0.520. The lowest BCUT2D eigenvalue weighted by Gasteiger charge is -2.12. The topological polar surface area (TPSA) is 91.4 Å². The van der Waals surface area contributed by atoms with Gasteiger partial charge in [-0.3, -0.25) is 4.79 Å². The van der Waals surface area contributed by atoms with E-state index in [2.05, 4.69) is 10.3 Å². The summed E-state index contributed by atoms with van der Waals surface area (Å²) in [4.78, 5) is 17.1. The number of ether oxygens (including phenoxy) is 2. The third-order valence-corrected chi connectivity index (χ3v) is 5.08. The molecule has 0 radical (unpaired) electrons. The number of nitrogens with one attached hydrogen (secondary N) is 1. The first-order chi connectivity index (χ1) is 13.4. The maximum atomic E-state index is 14.3. The first-order valence-electron chi connectivity index (χ1n) is 8.20. The number of benzene rings is 2. The Balaban J connectivity index is 1.87. The summed E-state index contributed by atoms with van der Waals surface area (Å²) in [7, 11) is 4.83. The van der Waals surface area contributed by atoms with Crippen molar-refractivity contribution in [1.29, 1.82) is 0 Å². The summed E-state index contributed by atoms with van der Waals surface area (Å²) in [5, 5.41) is 3.33. The molecule has 9 heteroatoms. The summed E-state index contributed by atoms with van der Waals surface area (Å²) in [5.41, 5.74) is 6.57. The van der Waals surface area contributed by atoms with Crippen molar-refractivity contribution in [2.45, 2.75) is 10.1 Å². The lowest BCUT2D eigenvalue weighted by Crippen LogP contribution is -2.14. The van der Waals surface area contributed by atoms with Crippen LogP contribution in [-0.2, 0) is 7.05 Å². The van der Waals surface area contributed by atoms with E-state index in [1.807, 2.05) is 0 Å². The summed E-state index contributed by atoms with van der Waals surface area (Å²) in [6, 6.07) is 7.52. The maximum absolute atomic E-state index is 14.3. The van der Waals surface area contributed by atoms with E-state index in [0.29, 0.717) is 22.3 Å². The summed E-state index contributed by atoms with van der Waals surface area (Å²) < 4.78 is 26.5. The van der Waals surface area contributed by atoms with E-state index < -0.39 is 11.7 Å². The molecule has 146 valence electrons. The fraction of sp³-hybridized carbons (Fsp3) is 0.158. The van der Waals surface area contributed by atoms with Crippen LogP contribution in [0.5, 0.6) is 11.5 Å². The standard InChI is InChI=1S/C19H19FN4O3S/c1-24-7-6-22-19(24)28-17-9-12(14(21)10-13(17)20)18(25)23-11-4-5-15(26-2)16(8-11)27-3/h4-10H,21H2,1-3H3,(H,23,25). The minimum absolute atomic E-state index is 0.0414. The average Bonchev–Trinajstić information content (AvgIpc) is 3.08. The fourth-order valence-corrected chi connectivity index (χ4v) is 3.35. The van der Waals surface area contributed by atoms with Crippen LogP contribution in [0.1, 0.15) is 10.4 Å². The molecule has 0 bridgehead atoms. The number of halogens is 1. The Hall–Kier alpha value is -3.20. The van der Waals surface area contributed by atoms with Crippen LogP contribution in [0.25, 0.3) is 0 Å². The van der Waals surface area contributed by atoms with Crippen molar-refractivity contribution in [3.63, 3.8) is 0 Å². The lowest BCUT2D eigenvalue weighted by molar-refractivity contribution is 0.102. The Labute approximate surface area is 165 Å². The van der Waals surface area contributed by atoms with Gasteiger partial charge in [-0.1, -0.05) is 0 Å². The zero-order chi connectivity index (χ0) is 20.3. The van der Waals surface area contributed by atoms with E-state index in [1.165, 1.54) is 20.3 Å². The van der Waals surface area contributed by atoms with Crippen molar-refractivity contribution in [3.8, 4) is 11.5 Å². The molecule has 0 atom stereocenters. The van der Waals surface area contributed by atoms with Crippen LogP contribution in [0.15, 0.2) is 52.8 Å². The van der Waals surface area contributed by atoms with Crippen LogP contribution in [0.4, 0.5) is 15.8 Å². The number of carbonyl (C=O) groups excluding carboxylic acids is 1. The molecule has 0 fully saturated rings. The summed E-state index contributed by atoms with van der Waals surface area (Å²) in [5.74, 6) is 0.0218. The molecule has 0 saturated carbocycles. The molecule has 1 amide bonds. The van der Waals surface area contributed by atoms with Crippen molar-refractivity contribution in [2.75, 3.05) is 25.3 Å². The van der Waals surface area contributed by atoms with Crippen LogP contribution in [0.3, 0.4) is 0 Å². The predicted octanol–water partition coefficient (Wildman–Crippen LogP) is 3.56. The van der Waals surface area contributed by atoms with Gasteiger partial charge in [0.15, 0.2) is 16.7 Å². The summed E-state index contributed by atoms with van der Waals surface area (Å²) in [6.45, 7) is 0. The Morgan fingerprint density at radius 3 is 2.61 bits per heavy atom. The highest BCUT2D eigenvalue weighted by Gasteiger charge is 2.17.